The first-order valence-corrected chi connectivity index (χ1v) is 6.10. The van der Waals surface area contributed by atoms with E-state index in [-0.39, 0.29) is 0 Å². The molecule has 4 nitrogen and oxygen atoms in total. The summed E-state index contributed by atoms with van der Waals surface area (Å²) in [5.41, 5.74) is 0.337. The van der Waals surface area contributed by atoms with Gasteiger partial charge in [-0.3, -0.25) is 0 Å². The number of fused-ring (bicyclic) bond motifs is 1. The van der Waals surface area contributed by atoms with Gasteiger partial charge in [-0.1, -0.05) is 30.8 Å². The molecular formula is C16H16O4. The van der Waals surface area contributed by atoms with Crippen LogP contribution in [0, 0.1) is 0 Å². The van der Waals surface area contributed by atoms with E-state index in [4.69, 9.17) is 14.2 Å². The molecule has 0 fully saturated rings. The Morgan fingerprint density at radius 1 is 1.05 bits per heavy atom. The maximum Gasteiger partial charge on any atom is 0.338 e. The van der Waals surface area contributed by atoms with Gasteiger partial charge >= 0.3 is 5.97 Å². The topological polar surface area (TPSA) is 44.8 Å². The minimum atomic E-state index is -0.470. The largest absolute Gasteiger partial charge is 0.493 e. The van der Waals surface area contributed by atoms with E-state index in [0.29, 0.717) is 22.8 Å². The molecule has 20 heavy (non-hydrogen) atoms. The van der Waals surface area contributed by atoms with Crippen molar-refractivity contribution in [2.75, 3.05) is 14.2 Å². The molecule has 0 atom stereocenters. The number of hydrogen-bond acceptors (Lipinski definition) is 4. The SMILES string of the molecule is C=C(C)C(=O)Oc1cc(OC)c(OC)c2ccccc12. The van der Waals surface area contributed by atoms with Crippen molar-refractivity contribution in [1.29, 1.82) is 0 Å². The average molecular weight is 272 g/mol. The van der Waals surface area contributed by atoms with Crippen LogP contribution >= 0.6 is 0 Å². The molecular weight excluding hydrogens is 256 g/mol. The minimum Gasteiger partial charge on any atom is -0.493 e. The predicted molar refractivity (Wildman–Crippen MR) is 77.5 cm³/mol. The van der Waals surface area contributed by atoms with E-state index in [1.165, 1.54) is 7.11 Å². The van der Waals surface area contributed by atoms with Crippen LogP contribution in [0.5, 0.6) is 17.2 Å². The lowest BCUT2D eigenvalue weighted by molar-refractivity contribution is -0.129. The monoisotopic (exact) mass is 272 g/mol. The van der Waals surface area contributed by atoms with E-state index in [1.807, 2.05) is 24.3 Å². The number of methoxy groups -OCH3 is 2. The summed E-state index contributed by atoms with van der Waals surface area (Å²) < 4.78 is 16.0. The van der Waals surface area contributed by atoms with Crippen LogP contribution in [0.15, 0.2) is 42.5 Å². The zero-order valence-electron chi connectivity index (χ0n) is 11.7. The third-order valence-electron chi connectivity index (χ3n) is 2.90. The molecule has 0 aliphatic carbocycles. The standard InChI is InChI=1S/C16H16O4/c1-10(2)16(17)20-13-9-14(18-3)15(19-4)12-8-6-5-7-11(12)13/h5-9H,1H2,2-4H3. The van der Waals surface area contributed by atoms with Crippen LogP contribution in [-0.4, -0.2) is 20.2 Å². The maximum absolute atomic E-state index is 11.7. The van der Waals surface area contributed by atoms with Gasteiger partial charge in [0.1, 0.15) is 5.75 Å². The number of carbonyl (C=O) groups is 1. The van der Waals surface area contributed by atoms with Crippen LogP contribution in [-0.2, 0) is 4.79 Å². The van der Waals surface area contributed by atoms with Gasteiger partial charge in [0.25, 0.3) is 0 Å². The van der Waals surface area contributed by atoms with Crippen molar-refractivity contribution < 1.29 is 19.0 Å². The summed E-state index contributed by atoms with van der Waals surface area (Å²) in [5, 5.41) is 1.60. The molecule has 0 unspecified atom stereocenters. The molecule has 0 aliphatic heterocycles. The lowest BCUT2D eigenvalue weighted by atomic mass is 10.1. The van der Waals surface area contributed by atoms with E-state index < -0.39 is 5.97 Å². The van der Waals surface area contributed by atoms with Crippen molar-refractivity contribution in [2.45, 2.75) is 6.92 Å². The van der Waals surface area contributed by atoms with Crippen LogP contribution in [0.25, 0.3) is 10.8 Å². The molecule has 0 saturated carbocycles. The molecule has 2 rings (SSSR count). The molecule has 4 heteroatoms. The molecule has 0 saturated heterocycles. The van der Waals surface area contributed by atoms with E-state index in [2.05, 4.69) is 6.58 Å². The van der Waals surface area contributed by atoms with Crippen LogP contribution in [0.3, 0.4) is 0 Å². The van der Waals surface area contributed by atoms with E-state index in [1.54, 1.807) is 20.1 Å². The van der Waals surface area contributed by atoms with Crippen molar-refractivity contribution in [3.8, 4) is 17.2 Å². The summed E-state index contributed by atoms with van der Waals surface area (Å²) in [4.78, 5) is 11.7. The zero-order valence-corrected chi connectivity index (χ0v) is 11.7. The quantitative estimate of drug-likeness (QED) is 0.486. The van der Waals surface area contributed by atoms with Crippen LogP contribution in [0.4, 0.5) is 0 Å². The lowest BCUT2D eigenvalue weighted by Gasteiger charge is -2.14. The summed E-state index contributed by atoms with van der Waals surface area (Å²) in [5.74, 6) is 1.07. The third kappa shape index (κ3) is 2.45. The fourth-order valence-corrected chi connectivity index (χ4v) is 1.92. The lowest BCUT2D eigenvalue weighted by Crippen LogP contribution is -2.08. The second-order valence-corrected chi connectivity index (χ2v) is 4.33. The smallest absolute Gasteiger partial charge is 0.338 e. The molecule has 0 aromatic heterocycles. The highest BCUT2D eigenvalue weighted by Gasteiger charge is 2.16. The third-order valence-corrected chi connectivity index (χ3v) is 2.90. The van der Waals surface area contributed by atoms with Gasteiger partial charge in [-0.25, -0.2) is 4.79 Å². The number of hydrogen-bond donors (Lipinski definition) is 0. The molecule has 104 valence electrons. The Labute approximate surface area is 117 Å². The van der Waals surface area contributed by atoms with E-state index in [9.17, 15) is 4.79 Å². The fourth-order valence-electron chi connectivity index (χ4n) is 1.92. The van der Waals surface area contributed by atoms with E-state index >= 15 is 0 Å². The Kier molecular flexibility index (Phi) is 3.94. The summed E-state index contributed by atoms with van der Waals surface area (Å²) in [6.45, 7) is 5.18. The summed E-state index contributed by atoms with van der Waals surface area (Å²) >= 11 is 0. The Bertz CT molecular complexity index is 673. The Morgan fingerprint density at radius 3 is 2.25 bits per heavy atom. The van der Waals surface area contributed by atoms with Crippen molar-refractivity contribution in [3.05, 3.63) is 42.5 Å². The molecule has 2 aromatic rings. The molecule has 2 aromatic carbocycles. The Balaban J connectivity index is 2.65. The van der Waals surface area contributed by atoms with Gasteiger partial charge in [0, 0.05) is 22.4 Å². The highest BCUT2D eigenvalue weighted by atomic mass is 16.5. The molecule has 0 aliphatic rings. The number of ether oxygens (including phenoxy) is 3. The average Bonchev–Trinajstić information content (AvgIpc) is 2.46. The van der Waals surface area contributed by atoms with Crippen LogP contribution < -0.4 is 14.2 Å². The highest BCUT2D eigenvalue weighted by Crippen LogP contribution is 2.41. The molecule has 0 N–H and O–H groups in total. The van der Waals surface area contributed by atoms with Crippen molar-refractivity contribution in [2.24, 2.45) is 0 Å². The van der Waals surface area contributed by atoms with Gasteiger partial charge in [-0.15, -0.1) is 0 Å². The molecule has 0 amide bonds. The van der Waals surface area contributed by atoms with Crippen LogP contribution in [0.1, 0.15) is 6.92 Å². The van der Waals surface area contributed by atoms with Gasteiger partial charge in [0.05, 0.1) is 14.2 Å². The van der Waals surface area contributed by atoms with Crippen LogP contribution in [0.2, 0.25) is 0 Å². The van der Waals surface area contributed by atoms with Crippen molar-refractivity contribution in [3.63, 3.8) is 0 Å². The summed E-state index contributed by atoms with van der Waals surface area (Å²) in [6, 6.07) is 9.14. The molecule has 0 heterocycles. The first kappa shape index (κ1) is 13.9. The molecule has 0 bridgehead atoms. The summed E-state index contributed by atoms with van der Waals surface area (Å²) in [6.07, 6.45) is 0. The second-order valence-electron chi connectivity index (χ2n) is 4.33. The van der Waals surface area contributed by atoms with Gasteiger partial charge in [0.15, 0.2) is 11.5 Å². The number of rotatable bonds is 4. The first-order valence-electron chi connectivity index (χ1n) is 6.10. The predicted octanol–water partition coefficient (Wildman–Crippen LogP) is 3.34. The normalized spacial score (nSPS) is 10.2. The highest BCUT2D eigenvalue weighted by molar-refractivity contribution is 5.98. The summed E-state index contributed by atoms with van der Waals surface area (Å²) in [7, 11) is 3.11. The van der Waals surface area contributed by atoms with Gasteiger partial charge in [-0.2, -0.15) is 0 Å². The number of benzene rings is 2. The van der Waals surface area contributed by atoms with Gasteiger partial charge in [0.2, 0.25) is 0 Å². The maximum atomic E-state index is 11.7. The first-order chi connectivity index (χ1) is 9.58. The minimum absolute atomic E-state index is 0.337. The fraction of sp³-hybridized carbons (Fsp3) is 0.188. The van der Waals surface area contributed by atoms with Crippen molar-refractivity contribution in [1.82, 2.24) is 0 Å². The molecule has 0 spiro atoms. The number of esters is 1. The van der Waals surface area contributed by atoms with Crippen molar-refractivity contribution >= 4 is 16.7 Å². The molecule has 0 radical (unpaired) electrons. The zero-order chi connectivity index (χ0) is 14.7. The van der Waals surface area contributed by atoms with Gasteiger partial charge in [-0.05, 0) is 6.92 Å². The Hall–Kier alpha value is -2.49. The Morgan fingerprint density at radius 2 is 1.70 bits per heavy atom. The number of carbonyl (C=O) groups excluding carboxylic acids is 1. The second kappa shape index (κ2) is 5.65. The van der Waals surface area contributed by atoms with Gasteiger partial charge < -0.3 is 14.2 Å². The van der Waals surface area contributed by atoms with E-state index in [0.717, 1.165) is 10.8 Å².